The third-order valence-electron chi connectivity index (χ3n) is 4.56. The number of hydrogen-bond acceptors (Lipinski definition) is 3. The molecule has 1 aliphatic rings. The van der Waals surface area contributed by atoms with E-state index in [-0.39, 0.29) is 0 Å². The van der Waals surface area contributed by atoms with Crippen LogP contribution < -0.4 is 4.74 Å². The van der Waals surface area contributed by atoms with Gasteiger partial charge in [-0.1, -0.05) is 13.8 Å². The quantitative estimate of drug-likeness (QED) is 0.791. The van der Waals surface area contributed by atoms with Crippen LogP contribution in [-0.2, 0) is 12.4 Å². The van der Waals surface area contributed by atoms with Gasteiger partial charge in [-0.05, 0) is 30.2 Å². The number of fused-ring (bicyclic) bond motifs is 1. The second-order valence-corrected chi connectivity index (χ2v) is 6.23. The number of imidazole rings is 1. The number of alkyl halides is 1. The van der Waals surface area contributed by atoms with Crippen LogP contribution in [0.15, 0.2) is 12.1 Å². The van der Waals surface area contributed by atoms with Gasteiger partial charge >= 0.3 is 0 Å². The van der Waals surface area contributed by atoms with Crippen LogP contribution in [-0.4, -0.2) is 21.6 Å². The van der Waals surface area contributed by atoms with Gasteiger partial charge in [0.25, 0.3) is 0 Å². The van der Waals surface area contributed by atoms with Crippen molar-refractivity contribution in [2.75, 3.05) is 7.11 Å². The molecule has 1 fully saturated rings. The van der Waals surface area contributed by atoms with Crippen LogP contribution in [0.1, 0.15) is 32.5 Å². The molecule has 0 amide bonds. The van der Waals surface area contributed by atoms with Gasteiger partial charge in [-0.15, -0.1) is 11.6 Å². The molecule has 20 heavy (non-hydrogen) atoms. The smallest absolute Gasteiger partial charge is 0.215 e. The van der Waals surface area contributed by atoms with Gasteiger partial charge in [0.05, 0.1) is 13.0 Å². The standard InChI is InChI=1S/C15H20ClN3O/c1-10(2)15(6-7-15)9-19-12(8-16)17-11-4-5-13(20-3)18-14(11)19/h4-5,10H,6-9H2,1-3H3. The highest BCUT2D eigenvalue weighted by atomic mass is 35.5. The van der Waals surface area contributed by atoms with Crippen LogP contribution >= 0.6 is 11.6 Å². The number of halogens is 1. The van der Waals surface area contributed by atoms with Crippen molar-refractivity contribution in [2.45, 2.75) is 39.1 Å². The van der Waals surface area contributed by atoms with Crippen molar-refractivity contribution in [1.29, 1.82) is 0 Å². The lowest BCUT2D eigenvalue weighted by Gasteiger charge is -2.21. The summed E-state index contributed by atoms with van der Waals surface area (Å²) in [6, 6.07) is 3.79. The molecule has 3 rings (SSSR count). The van der Waals surface area contributed by atoms with Gasteiger partial charge in [0.1, 0.15) is 11.3 Å². The molecule has 0 bridgehead atoms. The Hall–Kier alpha value is -1.29. The van der Waals surface area contributed by atoms with Gasteiger partial charge in [-0.2, -0.15) is 4.98 Å². The predicted octanol–water partition coefficient (Wildman–Crippen LogP) is 3.61. The van der Waals surface area contributed by atoms with Gasteiger partial charge in [-0.3, -0.25) is 0 Å². The first-order chi connectivity index (χ1) is 9.59. The molecule has 0 aromatic carbocycles. The Morgan fingerprint density at radius 3 is 2.65 bits per heavy atom. The molecule has 0 N–H and O–H groups in total. The zero-order chi connectivity index (χ0) is 14.3. The molecule has 108 valence electrons. The van der Waals surface area contributed by atoms with E-state index in [0.717, 1.165) is 23.5 Å². The van der Waals surface area contributed by atoms with Crippen molar-refractivity contribution >= 4 is 22.8 Å². The van der Waals surface area contributed by atoms with E-state index in [0.29, 0.717) is 23.1 Å². The lowest BCUT2D eigenvalue weighted by atomic mass is 9.92. The van der Waals surface area contributed by atoms with Crippen LogP contribution in [0, 0.1) is 11.3 Å². The average molecular weight is 294 g/mol. The summed E-state index contributed by atoms with van der Waals surface area (Å²) in [6.07, 6.45) is 2.55. The maximum Gasteiger partial charge on any atom is 0.215 e. The fourth-order valence-corrected chi connectivity index (χ4v) is 3.01. The first-order valence-corrected chi connectivity index (χ1v) is 7.59. The minimum absolute atomic E-state index is 0.388. The molecule has 0 atom stereocenters. The van der Waals surface area contributed by atoms with Crippen LogP contribution in [0.25, 0.3) is 11.2 Å². The first-order valence-electron chi connectivity index (χ1n) is 7.06. The Labute approximate surface area is 124 Å². The highest BCUT2D eigenvalue weighted by Crippen LogP contribution is 2.53. The molecule has 0 unspecified atom stereocenters. The van der Waals surface area contributed by atoms with E-state index in [1.165, 1.54) is 12.8 Å². The highest BCUT2D eigenvalue weighted by molar-refractivity contribution is 6.16. The second kappa shape index (κ2) is 4.92. The molecule has 0 saturated heterocycles. The molecule has 2 aromatic rings. The summed E-state index contributed by atoms with van der Waals surface area (Å²) in [7, 11) is 1.63. The van der Waals surface area contributed by atoms with Gasteiger partial charge in [0, 0.05) is 12.6 Å². The Kier molecular flexibility index (Phi) is 3.36. The van der Waals surface area contributed by atoms with E-state index in [4.69, 9.17) is 16.3 Å². The van der Waals surface area contributed by atoms with Crippen molar-refractivity contribution < 1.29 is 4.74 Å². The normalized spacial score (nSPS) is 16.9. The Balaban J connectivity index is 2.07. The SMILES string of the molecule is COc1ccc2nc(CCl)n(CC3(C(C)C)CC3)c2n1. The second-order valence-electron chi connectivity index (χ2n) is 5.96. The van der Waals surface area contributed by atoms with E-state index in [1.807, 2.05) is 12.1 Å². The van der Waals surface area contributed by atoms with Crippen molar-refractivity contribution in [3.8, 4) is 5.88 Å². The molecule has 2 heterocycles. The maximum absolute atomic E-state index is 6.06. The van der Waals surface area contributed by atoms with E-state index in [1.54, 1.807) is 7.11 Å². The van der Waals surface area contributed by atoms with Crippen molar-refractivity contribution in [3.63, 3.8) is 0 Å². The summed E-state index contributed by atoms with van der Waals surface area (Å²) in [6.45, 7) is 5.53. The summed E-state index contributed by atoms with van der Waals surface area (Å²) in [5.41, 5.74) is 2.16. The van der Waals surface area contributed by atoms with Crippen LogP contribution in [0.5, 0.6) is 5.88 Å². The molecule has 5 heteroatoms. The van der Waals surface area contributed by atoms with E-state index in [2.05, 4.69) is 28.4 Å². The predicted molar refractivity (Wildman–Crippen MR) is 80.1 cm³/mol. The summed E-state index contributed by atoms with van der Waals surface area (Å²) < 4.78 is 7.41. The minimum atomic E-state index is 0.388. The zero-order valence-electron chi connectivity index (χ0n) is 12.2. The molecule has 1 aliphatic carbocycles. The van der Waals surface area contributed by atoms with Crippen molar-refractivity contribution in [2.24, 2.45) is 11.3 Å². The van der Waals surface area contributed by atoms with E-state index < -0.39 is 0 Å². The molecule has 1 saturated carbocycles. The van der Waals surface area contributed by atoms with Crippen LogP contribution in [0.2, 0.25) is 0 Å². The monoisotopic (exact) mass is 293 g/mol. The van der Waals surface area contributed by atoms with Crippen molar-refractivity contribution in [3.05, 3.63) is 18.0 Å². The Morgan fingerprint density at radius 2 is 2.10 bits per heavy atom. The molecule has 2 aromatic heterocycles. The first kappa shape index (κ1) is 13.7. The molecule has 4 nitrogen and oxygen atoms in total. The largest absolute Gasteiger partial charge is 0.481 e. The van der Waals surface area contributed by atoms with Gasteiger partial charge < -0.3 is 9.30 Å². The number of rotatable bonds is 5. The number of nitrogens with zero attached hydrogens (tertiary/aromatic N) is 3. The number of methoxy groups -OCH3 is 1. The highest BCUT2D eigenvalue weighted by Gasteiger charge is 2.46. The average Bonchev–Trinajstić information content (AvgIpc) is 3.16. The summed E-state index contributed by atoms with van der Waals surface area (Å²) in [4.78, 5) is 9.14. The molecule has 0 aliphatic heterocycles. The van der Waals surface area contributed by atoms with Gasteiger partial charge in [0.15, 0.2) is 5.65 Å². The fraction of sp³-hybridized carbons (Fsp3) is 0.600. The molecular weight excluding hydrogens is 274 g/mol. The summed E-state index contributed by atoms with van der Waals surface area (Å²) in [5, 5.41) is 0. The minimum Gasteiger partial charge on any atom is -0.481 e. The van der Waals surface area contributed by atoms with Crippen molar-refractivity contribution in [1.82, 2.24) is 14.5 Å². The molecule has 0 radical (unpaired) electrons. The number of ether oxygens (including phenoxy) is 1. The van der Waals surface area contributed by atoms with Gasteiger partial charge in [-0.25, -0.2) is 4.98 Å². The third kappa shape index (κ3) is 2.16. The van der Waals surface area contributed by atoms with Crippen LogP contribution in [0.4, 0.5) is 0 Å². The summed E-state index contributed by atoms with van der Waals surface area (Å²) >= 11 is 6.06. The topological polar surface area (TPSA) is 39.9 Å². The van der Waals surface area contributed by atoms with E-state index >= 15 is 0 Å². The maximum atomic E-state index is 6.06. The number of hydrogen-bond donors (Lipinski definition) is 0. The molecule has 0 spiro atoms. The third-order valence-corrected chi connectivity index (χ3v) is 4.80. The number of aromatic nitrogens is 3. The zero-order valence-corrected chi connectivity index (χ0v) is 12.9. The Morgan fingerprint density at radius 1 is 1.35 bits per heavy atom. The molecular formula is C15H20ClN3O. The summed E-state index contributed by atoms with van der Waals surface area (Å²) in [5.74, 6) is 2.59. The van der Waals surface area contributed by atoms with E-state index in [9.17, 15) is 0 Å². The Bertz CT molecular complexity index is 631. The van der Waals surface area contributed by atoms with Gasteiger partial charge in [0.2, 0.25) is 5.88 Å². The van der Waals surface area contributed by atoms with Crippen LogP contribution in [0.3, 0.4) is 0 Å². The fourth-order valence-electron chi connectivity index (χ4n) is 2.81. The lowest BCUT2D eigenvalue weighted by molar-refractivity contribution is 0.308. The number of pyridine rings is 1. The lowest BCUT2D eigenvalue weighted by Crippen LogP contribution is -2.19.